The van der Waals surface area contributed by atoms with Crippen molar-refractivity contribution in [1.82, 2.24) is 4.90 Å². The van der Waals surface area contributed by atoms with Crippen molar-refractivity contribution in [3.8, 4) is 0 Å². The Bertz CT molecular complexity index is 171. The molecule has 0 radical (unpaired) electrons. The lowest BCUT2D eigenvalue weighted by molar-refractivity contribution is -0.502. The highest BCUT2D eigenvalue weighted by atomic mass is 16.6. The molecular weight excluding hydrogens is 132 g/mol. The van der Waals surface area contributed by atoms with E-state index in [0.717, 1.165) is 13.1 Å². The van der Waals surface area contributed by atoms with Crippen molar-refractivity contribution in [2.24, 2.45) is 11.8 Å². The van der Waals surface area contributed by atoms with Gasteiger partial charge in [-0.05, 0) is 7.05 Å². The van der Waals surface area contributed by atoms with Crippen molar-refractivity contribution in [2.75, 3.05) is 20.1 Å². The molecule has 0 aromatic carbocycles. The van der Waals surface area contributed by atoms with Crippen LogP contribution in [0.1, 0.15) is 0 Å². The predicted octanol–water partition coefficient (Wildman–Crippen LogP) is -0.177. The summed E-state index contributed by atoms with van der Waals surface area (Å²) < 4.78 is 0. The van der Waals surface area contributed by atoms with E-state index in [2.05, 4.69) is 4.90 Å². The van der Waals surface area contributed by atoms with Crippen LogP contribution in [0, 0.1) is 22.0 Å². The normalized spacial score (nSPS) is 45.1. The lowest BCUT2D eigenvalue weighted by Crippen LogP contribution is -2.23. The molecule has 10 heavy (non-hydrogen) atoms. The average molecular weight is 142 g/mol. The quantitative estimate of drug-likeness (QED) is 0.377. The Morgan fingerprint density at radius 1 is 1.50 bits per heavy atom. The third-order valence-corrected chi connectivity index (χ3v) is 2.57. The lowest BCUT2D eigenvalue weighted by atomic mass is 10.4. The topological polar surface area (TPSA) is 46.4 Å². The highest BCUT2D eigenvalue weighted by Gasteiger charge is 2.63. The maximum Gasteiger partial charge on any atom is 0.222 e. The fourth-order valence-electron chi connectivity index (χ4n) is 2.02. The third kappa shape index (κ3) is 0.653. The van der Waals surface area contributed by atoms with Gasteiger partial charge in [-0.3, -0.25) is 10.1 Å². The number of piperidine rings is 1. The first-order valence-corrected chi connectivity index (χ1v) is 3.52. The fourth-order valence-corrected chi connectivity index (χ4v) is 2.02. The summed E-state index contributed by atoms with van der Waals surface area (Å²) in [6.45, 7) is 1.85. The lowest BCUT2D eigenvalue weighted by Gasteiger charge is -2.08. The van der Waals surface area contributed by atoms with Crippen molar-refractivity contribution in [3.63, 3.8) is 0 Å². The van der Waals surface area contributed by atoms with Gasteiger partial charge in [-0.15, -0.1) is 0 Å². The van der Waals surface area contributed by atoms with Crippen molar-refractivity contribution < 1.29 is 4.92 Å². The molecule has 3 atom stereocenters. The van der Waals surface area contributed by atoms with Gasteiger partial charge in [-0.25, -0.2) is 0 Å². The molecule has 2 rings (SSSR count). The van der Waals surface area contributed by atoms with Crippen LogP contribution < -0.4 is 0 Å². The van der Waals surface area contributed by atoms with E-state index in [1.165, 1.54) is 0 Å². The molecular formula is C6H10N2O2. The molecule has 0 N–H and O–H groups in total. The SMILES string of the molecule is CN1CC2C([N+](=O)[O-])[C@H]2C1. The molecule has 2 aliphatic rings. The number of hydrogen-bond acceptors (Lipinski definition) is 3. The Labute approximate surface area is 59.0 Å². The zero-order valence-electron chi connectivity index (χ0n) is 5.86. The first kappa shape index (κ1) is 6.09. The maximum absolute atomic E-state index is 10.3. The van der Waals surface area contributed by atoms with Crippen LogP contribution in [0.3, 0.4) is 0 Å². The minimum absolute atomic E-state index is 0.123. The molecule has 1 aliphatic carbocycles. The van der Waals surface area contributed by atoms with E-state index in [1.807, 2.05) is 7.05 Å². The number of rotatable bonds is 1. The van der Waals surface area contributed by atoms with E-state index in [4.69, 9.17) is 0 Å². The molecule has 0 bridgehead atoms. The molecule has 56 valence electrons. The Balaban J connectivity index is 1.98. The smallest absolute Gasteiger partial charge is 0.222 e. The van der Waals surface area contributed by atoms with E-state index in [0.29, 0.717) is 11.8 Å². The standard InChI is InChI=1S/C6H10N2O2/c1-7-2-4-5(3-7)6(4)8(9)10/h4-6H,2-3H2,1H3/t4-,5?,6?/m0/s1. The molecule has 4 heteroatoms. The van der Waals surface area contributed by atoms with Gasteiger partial charge in [0.15, 0.2) is 0 Å². The summed E-state index contributed by atoms with van der Waals surface area (Å²) >= 11 is 0. The van der Waals surface area contributed by atoms with E-state index >= 15 is 0 Å². The minimum atomic E-state index is -0.198. The van der Waals surface area contributed by atoms with Crippen LogP contribution in [0.2, 0.25) is 0 Å². The largest absolute Gasteiger partial charge is 0.305 e. The minimum Gasteiger partial charge on any atom is -0.305 e. The maximum atomic E-state index is 10.3. The van der Waals surface area contributed by atoms with Gasteiger partial charge in [0.25, 0.3) is 0 Å². The van der Waals surface area contributed by atoms with Crippen molar-refractivity contribution in [1.29, 1.82) is 0 Å². The highest BCUT2D eigenvalue weighted by molar-refractivity contribution is 5.05. The molecule has 4 nitrogen and oxygen atoms in total. The monoisotopic (exact) mass is 142 g/mol. The third-order valence-electron chi connectivity index (χ3n) is 2.57. The summed E-state index contributed by atoms with van der Waals surface area (Å²) in [5, 5.41) is 10.3. The molecule has 1 saturated carbocycles. The van der Waals surface area contributed by atoms with Gasteiger partial charge in [0.1, 0.15) is 0 Å². The molecule has 0 amide bonds. The molecule has 1 aliphatic heterocycles. The Hall–Kier alpha value is -0.640. The van der Waals surface area contributed by atoms with Crippen LogP contribution in [-0.4, -0.2) is 36.0 Å². The van der Waals surface area contributed by atoms with Gasteiger partial charge in [0, 0.05) is 18.0 Å². The molecule has 0 aromatic rings. The Kier molecular flexibility index (Phi) is 1.03. The van der Waals surface area contributed by atoms with Gasteiger partial charge in [0.05, 0.1) is 11.8 Å². The first-order chi connectivity index (χ1) is 4.70. The van der Waals surface area contributed by atoms with Crippen LogP contribution in [-0.2, 0) is 0 Å². The van der Waals surface area contributed by atoms with E-state index in [-0.39, 0.29) is 11.0 Å². The van der Waals surface area contributed by atoms with E-state index in [9.17, 15) is 10.1 Å². The van der Waals surface area contributed by atoms with Crippen LogP contribution in [0.5, 0.6) is 0 Å². The van der Waals surface area contributed by atoms with Crippen molar-refractivity contribution in [2.45, 2.75) is 6.04 Å². The van der Waals surface area contributed by atoms with E-state index < -0.39 is 0 Å². The average Bonchev–Trinajstić information content (AvgIpc) is 2.32. The van der Waals surface area contributed by atoms with Gasteiger partial charge in [-0.2, -0.15) is 0 Å². The summed E-state index contributed by atoms with van der Waals surface area (Å²) in [4.78, 5) is 12.3. The van der Waals surface area contributed by atoms with Gasteiger partial charge in [0.2, 0.25) is 6.04 Å². The Morgan fingerprint density at radius 2 is 2.00 bits per heavy atom. The predicted molar refractivity (Wildman–Crippen MR) is 35.3 cm³/mol. The number of hydrogen-bond donors (Lipinski definition) is 0. The highest BCUT2D eigenvalue weighted by Crippen LogP contribution is 2.46. The summed E-state index contributed by atoms with van der Waals surface area (Å²) in [6.07, 6.45) is 0. The number of fused-ring (bicyclic) bond motifs is 1. The molecule has 0 spiro atoms. The van der Waals surface area contributed by atoms with Crippen LogP contribution in [0.25, 0.3) is 0 Å². The molecule has 1 heterocycles. The Morgan fingerprint density at radius 3 is 2.40 bits per heavy atom. The van der Waals surface area contributed by atoms with Crippen LogP contribution in [0.15, 0.2) is 0 Å². The molecule has 0 aromatic heterocycles. The summed E-state index contributed by atoms with van der Waals surface area (Å²) in [5.41, 5.74) is 0. The zero-order valence-corrected chi connectivity index (χ0v) is 5.86. The first-order valence-electron chi connectivity index (χ1n) is 3.52. The second-order valence-electron chi connectivity index (χ2n) is 3.32. The fraction of sp³-hybridized carbons (Fsp3) is 1.00. The van der Waals surface area contributed by atoms with Gasteiger partial charge in [-0.1, -0.05) is 0 Å². The summed E-state index contributed by atoms with van der Waals surface area (Å²) in [5.74, 6) is 0.750. The summed E-state index contributed by atoms with van der Waals surface area (Å²) in [6, 6.07) is -0.198. The second kappa shape index (κ2) is 1.69. The second-order valence-corrected chi connectivity index (χ2v) is 3.32. The number of likely N-dealkylation sites (tertiary alicyclic amines) is 1. The molecule has 2 fully saturated rings. The zero-order chi connectivity index (χ0) is 7.30. The van der Waals surface area contributed by atoms with Crippen molar-refractivity contribution in [3.05, 3.63) is 10.1 Å². The van der Waals surface area contributed by atoms with Crippen molar-refractivity contribution >= 4 is 0 Å². The molecule has 1 saturated heterocycles. The number of nitrogens with zero attached hydrogens (tertiary/aromatic N) is 2. The van der Waals surface area contributed by atoms with Gasteiger partial charge < -0.3 is 4.90 Å². The van der Waals surface area contributed by atoms with E-state index in [1.54, 1.807) is 0 Å². The van der Waals surface area contributed by atoms with Crippen LogP contribution in [0.4, 0.5) is 0 Å². The number of nitro groups is 1. The molecule has 2 unspecified atom stereocenters. The van der Waals surface area contributed by atoms with Gasteiger partial charge >= 0.3 is 0 Å². The van der Waals surface area contributed by atoms with Crippen LogP contribution >= 0.6 is 0 Å². The summed E-state index contributed by atoms with van der Waals surface area (Å²) in [7, 11) is 2.02.